The van der Waals surface area contributed by atoms with E-state index < -0.39 is 0 Å². The van der Waals surface area contributed by atoms with Gasteiger partial charge in [-0.1, -0.05) is 6.42 Å². The first-order chi connectivity index (χ1) is 6.41. The second-order valence-corrected chi connectivity index (χ2v) is 7.28. The second-order valence-electron chi connectivity index (χ2n) is 2.79. The van der Waals surface area contributed by atoms with Gasteiger partial charge >= 0.3 is 49.2 Å². The number of unbranched alkanes of at least 4 members (excludes halogenated alkanes) is 2. The van der Waals surface area contributed by atoms with E-state index >= 15 is 0 Å². The molecule has 3 heteroatoms. The SMILES string of the molecule is C1=C[CH]=[Tl][CH]=C1.NCCCCCN. The van der Waals surface area contributed by atoms with Gasteiger partial charge in [0, 0.05) is 0 Å². The average molecular weight is 372 g/mol. The molecule has 0 fully saturated rings. The van der Waals surface area contributed by atoms with Gasteiger partial charge in [0.25, 0.3) is 0 Å². The molecule has 1 rings (SSSR count). The molecule has 1 aliphatic heterocycles. The molecule has 0 radical (unpaired) electrons. The fraction of sp³-hybridized carbons (Fsp3) is 0.500. The van der Waals surface area contributed by atoms with Gasteiger partial charge in [0.2, 0.25) is 0 Å². The van der Waals surface area contributed by atoms with Gasteiger partial charge in [0.05, 0.1) is 0 Å². The normalized spacial score (nSPS) is 11.8. The zero-order valence-corrected chi connectivity index (χ0v) is 12.6. The van der Waals surface area contributed by atoms with Crippen molar-refractivity contribution in [3.63, 3.8) is 0 Å². The molecule has 0 saturated carbocycles. The van der Waals surface area contributed by atoms with Crippen molar-refractivity contribution in [1.29, 1.82) is 0 Å². The van der Waals surface area contributed by atoms with E-state index in [0.29, 0.717) is 0 Å². The first kappa shape index (κ1) is 13.2. The maximum absolute atomic E-state index is 5.23. The van der Waals surface area contributed by atoms with Gasteiger partial charge in [-0.05, 0) is 25.9 Å². The number of allylic oxidation sites excluding steroid dienone is 3. The Labute approximate surface area is 92.8 Å². The summed E-state index contributed by atoms with van der Waals surface area (Å²) < 4.78 is 4.67. The molecule has 13 heavy (non-hydrogen) atoms. The van der Waals surface area contributed by atoms with Crippen LogP contribution in [0.25, 0.3) is 0 Å². The van der Waals surface area contributed by atoms with Crippen LogP contribution in [0.5, 0.6) is 0 Å². The van der Waals surface area contributed by atoms with Crippen molar-refractivity contribution in [1.82, 2.24) is 0 Å². The summed E-state index contributed by atoms with van der Waals surface area (Å²) in [4.78, 5) is 0. The summed E-state index contributed by atoms with van der Waals surface area (Å²) in [6.07, 6.45) is 9.81. The van der Waals surface area contributed by atoms with Crippen molar-refractivity contribution in [2.24, 2.45) is 11.5 Å². The largest absolute Gasteiger partial charge is 0.330 e. The van der Waals surface area contributed by atoms with E-state index in [9.17, 15) is 0 Å². The van der Waals surface area contributed by atoms with Gasteiger partial charge in [-0.25, -0.2) is 0 Å². The Morgan fingerprint density at radius 3 is 1.77 bits per heavy atom. The predicted octanol–water partition coefficient (Wildman–Crippen LogP) is 0.650. The van der Waals surface area contributed by atoms with Crippen LogP contribution in [-0.4, -0.2) is 40.4 Å². The zero-order chi connectivity index (χ0) is 9.78. The van der Waals surface area contributed by atoms with E-state index in [1.165, 1.54) is 6.42 Å². The summed E-state index contributed by atoms with van der Waals surface area (Å²) in [5.41, 5.74) is 10.5. The fourth-order valence-corrected chi connectivity index (χ4v) is 3.34. The van der Waals surface area contributed by atoms with Crippen LogP contribution in [0, 0.1) is 0 Å². The molecule has 2 nitrogen and oxygen atoms in total. The molecular formula is C10H19N2Tl. The number of hydrogen-bond acceptors (Lipinski definition) is 2. The van der Waals surface area contributed by atoms with Crippen LogP contribution in [0.3, 0.4) is 0 Å². The minimum Gasteiger partial charge on any atom is -0.330 e. The van der Waals surface area contributed by atoms with Crippen LogP contribution < -0.4 is 11.5 Å². The monoisotopic (exact) mass is 372 g/mol. The van der Waals surface area contributed by atoms with Crippen LogP contribution in [0.1, 0.15) is 19.3 Å². The maximum atomic E-state index is 5.23. The van der Waals surface area contributed by atoms with Gasteiger partial charge in [-0.2, -0.15) is 0 Å². The molecule has 0 atom stereocenters. The van der Waals surface area contributed by atoms with Gasteiger partial charge in [-0.3, -0.25) is 0 Å². The molecule has 0 saturated heterocycles. The van der Waals surface area contributed by atoms with Gasteiger partial charge in [-0.15, -0.1) is 0 Å². The molecule has 0 spiro atoms. The minimum atomic E-state index is -0.380. The smallest absolute Gasteiger partial charge is 0.00773 e. The molecule has 0 aromatic rings. The second kappa shape index (κ2) is 12.2. The van der Waals surface area contributed by atoms with Crippen molar-refractivity contribution in [2.45, 2.75) is 19.3 Å². The van der Waals surface area contributed by atoms with E-state index in [-0.39, 0.29) is 23.7 Å². The average Bonchev–Trinajstić information content (AvgIpc) is 2.22. The Kier molecular flexibility index (Phi) is 12.4. The van der Waals surface area contributed by atoms with Crippen molar-refractivity contribution >= 4 is 27.3 Å². The van der Waals surface area contributed by atoms with Crippen molar-refractivity contribution < 1.29 is 0 Å². The topological polar surface area (TPSA) is 52.0 Å². The summed E-state index contributed by atoms with van der Waals surface area (Å²) in [6, 6.07) is 0. The third-order valence-corrected chi connectivity index (χ3v) is 5.03. The molecule has 0 unspecified atom stereocenters. The van der Waals surface area contributed by atoms with E-state index in [1.807, 2.05) is 0 Å². The Balaban J connectivity index is 0.000000223. The molecular weight excluding hydrogens is 353 g/mol. The van der Waals surface area contributed by atoms with Gasteiger partial charge in [0.1, 0.15) is 0 Å². The molecule has 0 bridgehead atoms. The first-order valence-corrected chi connectivity index (χ1v) is 10.00. The van der Waals surface area contributed by atoms with Crippen LogP contribution in [0.15, 0.2) is 21.9 Å². The van der Waals surface area contributed by atoms with Crippen molar-refractivity contribution in [2.75, 3.05) is 13.1 Å². The van der Waals surface area contributed by atoms with Crippen LogP contribution >= 0.6 is 0 Å². The van der Waals surface area contributed by atoms with Gasteiger partial charge < -0.3 is 11.5 Å². The van der Waals surface area contributed by atoms with Crippen LogP contribution in [-0.2, 0) is 0 Å². The molecule has 0 aliphatic carbocycles. The zero-order valence-electron chi connectivity index (χ0n) is 8.15. The maximum Gasteiger partial charge on any atom is -0.00773 e. The fourth-order valence-electron chi connectivity index (χ4n) is 0.850. The van der Waals surface area contributed by atoms with E-state index in [0.717, 1.165) is 25.9 Å². The van der Waals surface area contributed by atoms with E-state index in [4.69, 9.17) is 11.5 Å². The molecule has 0 amide bonds. The Bertz CT molecular complexity index is 134. The Hall–Kier alpha value is 0.192. The molecule has 1 heterocycles. The van der Waals surface area contributed by atoms with Crippen molar-refractivity contribution in [3.05, 3.63) is 21.9 Å². The first-order valence-electron chi connectivity index (χ1n) is 4.82. The van der Waals surface area contributed by atoms with Crippen LogP contribution in [0.2, 0.25) is 0 Å². The summed E-state index contributed by atoms with van der Waals surface area (Å²) in [7, 11) is 0. The Morgan fingerprint density at radius 1 is 0.846 bits per heavy atom. The third kappa shape index (κ3) is 12.2. The third-order valence-electron chi connectivity index (χ3n) is 1.57. The van der Waals surface area contributed by atoms with Crippen molar-refractivity contribution in [3.8, 4) is 0 Å². The predicted molar refractivity (Wildman–Crippen MR) is 62.1 cm³/mol. The number of rotatable bonds is 4. The molecule has 0 aromatic carbocycles. The quantitative estimate of drug-likeness (QED) is 0.563. The standard InChI is InChI=1S/C5H14N2.C5H5.Tl/c6-4-2-1-3-5-7;1-3-5-4-2;/h1-7H2;1-5H;. The summed E-state index contributed by atoms with van der Waals surface area (Å²) in [5.74, 6) is 0. The van der Waals surface area contributed by atoms with Gasteiger partial charge in [0.15, 0.2) is 0 Å². The van der Waals surface area contributed by atoms with E-state index in [2.05, 4.69) is 25.4 Å². The minimum absolute atomic E-state index is 0.380. The number of nitrogens with two attached hydrogens (primary N) is 2. The summed E-state index contributed by atoms with van der Waals surface area (Å²) in [5, 5.41) is 0. The molecule has 72 valence electrons. The summed E-state index contributed by atoms with van der Waals surface area (Å²) >= 11 is -0.380. The Morgan fingerprint density at radius 2 is 1.54 bits per heavy atom. The number of hydrogen-bond donors (Lipinski definition) is 2. The summed E-state index contributed by atoms with van der Waals surface area (Å²) in [6.45, 7) is 1.61. The van der Waals surface area contributed by atoms with Crippen LogP contribution in [0.4, 0.5) is 0 Å². The molecule has 0 aromatic heterocycles. The molecule has 4 N–H and O–H groups in total. The van der Waals surface area contributed by atoms with E-state index in [1.54, 1.807) is 0 Å². The molecule has 1 aliphatic rings.